The molecule has 4 rings (SSSR count). The molecule has 1 aromatic carbocycles. The van der Waals surface area contributed by atoms with Crippen LogP contribution in [0.1, 0.15) is 25.7 Å². The molecule has 0 amide bonds. The molecule has 0 bridgehead atoms. The summed E-state index contributed by atoms with van der Waals surface area (Å²) >= 11 is 0. The van der Waals surface area contributed by atoms with E-state index in [-0.39, 0.29) is 12.6 Å². The highest BCUT2D eigenvalue weighted by atomic mass is 16.5. The van der Waals surface area contributed by atoms with E-state index in [2.05, 4.69) is 20.4 Å². The van der Waals surface area contributed by atoms with Crippen LogP contribution in [0.4, 0.5) is 5.95 Å². The number of carboxylic acid groups (broad SMARTS) is 1. The summed E-state index contributed by atoms with van der Waals surface area (Å²) < 4.78 is 5.30. The SMILES string of the molecule is O=C(O)CN(CC1CC1)C1CC(Nc2noc(-c3ccccc3)n2)C1. The van der Waals surface area contributed by atoms with Crippen molar-refractivity contribution < 1.29 is 14.4 Å². The van der Waals surface area contributed by atoms with E-state index >= 15 is 0 Å². The average molecular weight is 342 g/mol. The van der Waals surface area contributed by atoms with Crippen LogP contribution in [0.3, 0.4) is 0 Å². The number of rotatable bonds is 8. The fourth-order valence-corrected chi connectivity index (χ4v) is 3.31. The lowest BCUT2D eigenvalue weighted by atomic mass is 9.85. The quantitative estimate of drug-likeness (QED) is 0.761. The number of aliphatic carboxylic acids is 1. The highest BCUT2D eigenvalue weighted by Gasteiger charge is 2.37. The lowest BCUT2D eigenvalue weighted by Crippen LogP contribution is -2.52. The first-order valence-corrected chi connectivity index (χ1v) is 8.79. The van der Waals surface area contributed by atoms with Gasteiger partial charge in [-0.2, -0.15) is 4.98 Å². The van der Waals surface area contributed by atoms with Crippen LogP contribution in [0, 0.1) is 5.92 Å². The molecule has 2 aromatic rings. The van der Waals surface area contributed by atoms with Crippen LogP contribution in [0.15, 0.2) is 34.9 Å². The molecule has 0 atom stereocenters. The maximum absolute atomic E-state index is 11.1. The first-order chi connectivity index (χ1) is 12.2. The molecule has 0 radical (unpaired) electrons. The van der Waals surface area contributed by atoms with E-state index in [1.165, 1.54) is 12.8 Å². The molecule has 0 saturated heterocycles. The number of aromatic nitrogens is 2. The van der Waals surface area contributed by atoms with Gasteiger partial charge in [-0.25, -0.2) is 0 Å². The van der Waals surface area contributed by atoms with Crippen molar-refractivity contribution in [1.82, 2.24) is 15.0 Å². The molecule has 2 N–H and O–H groups in total. The van der Waals surface area contributed by atoms with Crippen LogP contribution in [0.5, 0.6) is 0 Å². The fraction of sp³-hybridized carbons (Fsp3) is 0.500. The second-order valence-electron chi connectivity index (χ2n) is 7.02. The molecule has 2 fully saturated rings. The largest absolute Gasteiger partial charge is 0.480 e. The Kier molecular flexibility index (Phi) is 4.40. The van der Waals surface area contributed by atoms with Crippen molar-refractivity contribution in [2.75, 3.05) is 18.4 Å². The minimum absolute atomic E-state index is 0.133. The van der Waals surface area contributed by atoms with E-state index in [0.29, 0.717) is 23.8 Å². The van der Waals surface area contributed by atoms with Crippen LogP contribution in [0.2, 0.25) is 0 Å². The van der Waals surface area contributed by atoms with Crippen molar-refractivity contribution in [2.45, 2.75) is 37.8 Å². The van der Waals surface area contributed by atoms with Gasteiger partial charge in [-0.1, -0.05) is 18.2 Å². The molecule has 2 saturated carbocycles. The predicted molar refractivity (Wildman–Crippen MR) is 92.1 cm³/mol. The number of nitrogens with zero attached hydrogens (tertiary/aromatic N) is 3. The monoisotopic (exact) mass is 342 g/mol. The number of carbonyl (C=O) groups is 1. The summed E-state index contributed by atoms with van der Waals surface area (Å²) in [5.41, 5.74) is 0.895. The van der Waals surface area contributed by atoms with Gasteiger partial charge in [0, 0.05) is 24.2 Å². The van der Waals surface area contributed by atoms with Gasteiger partial charge in [-0.05, 0) is 48.9 Å². The molecule has 1 aromatic heterocycles. The molecule has 2 aliphatic rings. The van der Waals surface area contributed by atoms with E-state index in [4.69, 9.17) is 9.63 Å². The highest BCUT2D eigenvalue weighted by Crippen LogP contribution is 2.34. The van der Waals surface area contributed by atoms with E-state index in [0.717, 1.165) is 24.9 Å². The van der Waals surface area contributed by atoms with Crippen molar-refractivity contribution in [1.29, 1.82) is 0 Å². The Bertz CT molecular complexity index is 723. The summed E-state index contributed by atoms with van der Waals surface area (Å²) in [6, 6.07) is 10.3. The van der Waals surface area contributed by atoms with Gasteiger partial charge in [0.05, 0.1) is 6.54 Å². The molecule has 7 heteroatoms. The summed E-state index contributed by atoms with van der Waals surface area (Å²) in [5, 5.41) is 16.4. The predicted octanol–water partition coefficient (Wildman–Crippen LogP) is 2.48. The zero-order valence-electron chi connectivity index (χ0n) is 14.0. The molecule has 0 aliphatic heterocycles. The smallest absolute Gasteiger partial charge is 0.317 e. The Morgan fingerprint density at radius 1 is 1.28 bits per heavy atom. The molecular formula is C18H22N4O3. The molecule has 2 aliphatic carbocycles. The van der Waals surface area contributed by atoms with Crippen LogP contribution in [-0.2, 0) is 4.79 Å². The summed E-state index contributed by atoms with van der Waals surface area (Å²) in [6.45, 7) is 1.04. The van der Waals surface area contributed by atoms with Gasteiger partial charge >= 0.3 is 5.97 Å². The second kappa shape index (κ2) is 6.84. The normalized spacial score (nSPS) is 22.6. The number of benzene rings is 1. The third-order valence-corrected chi connectivity index (χ3v) is 4.94. The van der Waals surface area contributed by atoms with Crippen molar-refractivity contribution in [3.05, 3.63) is 30.3 Å². The zero-order chi connectivity index (χ0) is 17.2. The van der Waals surface area contributed by atoms with Gasteiger partial charge in [0.25, 0.3) is 11.8 Å². The third kappa shape index (κ3) is 3.99. The minimum Gasteiger partial charge on any atom is -0.480 e. The van der Waals surface area contributed by atoms with Crippen LogP contribution in [-0.4, -0.2) is 51.3 Å². The lowest BCUT2D eigenvalue weighted by molar-refractivity contribution is -0.139. The molecule has 0 spiro atoms. The summed E-state index contributed by atoms with van der Waals surface area (Å²) in [7, 11) is 0. The Balaban J connectivity index is 1.30. The van der Waals surface area contributed by atoms with Crippen molar-refractivity contribution in [3.63, 3.8) is 0 Å². The van der Waals surface area contributed by atoms with Gasteiger partial charge < -0.3 is 14.9 Å². The topological polar surface area (TPSA) is 91.5 Å². The summed E-state index contributed by atoms with van der Waals surface area (Å²) in [4.78, 5) is 17.6. The first-order valence-electron chi connectivity index (χ1n) is 8.79. The molecule has 0 unspecified atom stereocenters. The summed E-state index contributed by atoms with van der Waals surface area (Å²) in [6.07, 6.45) is 4.29. The number of carboxylic acids is 1. The molecule has 25 heavy (non-hydrogen) atoms. The number of nitrogens with one attached hydrogen (secondary N) is 1. The first kappa shape index (κ1) is 16.1. The molecule has 132 valence electrons. The second-order valence-corrected chi connectivity index (χ2v) is 7.02. The standard InChI is InChI=1S/C18H22N4O3/c23-16(24)11-22(10-12-6-7-12)15-8-14(9-15)19-18-20-17(25-21-18)13-4-2-1-3-5-13/h1-5,12,14-15H,6-11H2,(H,19,21)(H,23,24). The van der Waals surface area contributed by atoms with Crippen molar-refractivity contribution >= 4 is 11.9 Å². The Hall–Kier alpha value is -2.41. The Morgan fingerprint density at radius 2 is 2.04 bits per heavy atom. The lowest BCUT2D eigenvalue weighted by Gasteiger charge is -2.42. The van der Waals surface area contributed by atoms with Crippen LogP contribution < -0.4 is 5.32 Å². The number of anilines is 1. The minimum atomic E-state index is -0.747. The average Bonchev–Trinajstić information content (AvgIpc) is 3.25. The van der Waals surface area contributed by atoms with Gasteiger partial charge in [0.2, 0.25) is 0 Å². The van der Waals surface area contributed by atoms with Gasteiger partial charge in [-0.3, -0.25) is 9.69 Å². The van der Waals surface area contributed by atoms with E-state index in [1.54, 1.807) is 0 Å². The van der Waals surface area contributed by atoms with Crippen LogP contribution >= 0.6 is 0 Å². The Morgan fingerprint density at radius 3 is 2.72 bits per heavy atom. The van der Waals surface area contributed by atoms with Gasteiger partial charge in [0.1, 0.15) is 0 Å². The van der Waals surface area contributed by atoms with Crippen molar-refractivity contribution in [2.24, 2.45) is 5.92 Å². The van der Waals surface area contributed by atoms with Crippen LogP contribution in [0.25, 0.3) is 11.5 Å². The molecule has 1 heterocycles. The number of hydrogen-bond acceptors (Lipinski definition) is 6. The zero-order valence-corrected chi connectivity index (χ0v) is 14.0. The van der Waals surface area contributed by atoms with E-state index in [1.807, 2.05) is 30.3 Å². The van der Waals surface area contributed by atoms with E-state index < -0.39 is 5.97 Å². The maximum Gasteiger partial charge on any atom is 0.317 e. The molecule has 7 nitrogen and oxygen atoms in total. The summed E-state index contributed by atoms with van der Waals surface area (Å²) in [5.74, 6) is 0.939. The highest BCUT2D eigenvalue weighted by molar-refractivity contribution is 5.69. The Labute approximate surface area is 146 Å². The van der Waals surface area contributed by atoms with E-state index in [9.17, 15) is 4.79 Å². The molecular weight excluding hydrogens is 320 g/mol. The maximum atomic E-state index is 11.1. The third-order valence-electron chi connectivity index (χ3n) is 4.94. The number of hydrogen-bond donors (Lipinski definition) is 2. The fourth-order valence-electron chi connectivity index (χ4n) is 3.31. The van der Waals surface area contributed by atoms with Gasteiger partial charge in [-0.15, -0.1) is 0 Å². The van der Waals surface area contributed by atoms with Gasteiger partial charge in [0.15, 0.2) is 0 Å². The van der Waals surface area contributed by atoms with Crippen molar-refractivity contribution in [3.8, 4) is 11.5 Å².